The number of thiazole rings is 1. The highest BCUT2D eigenvalue weighted by molar-refractivity contribution is 7.09. The number of benzene rings is 1. The van der Waals surface area contributed by atoms with E-state index in [0.29, 0.717) is 0 Å². The van der Waals surface area contributed by atoms with Crippen LogP contribution >= 0.6 is 11.3 Å². The molecule has 21 heavy (non-hydrogen) atoms. The Morgan fingerprint density at radius 1 is 1.33 bits per heavy atom. The average molecular weight is 297 g/mol. The molecule has 2 rings (SSSR count). The summed E-state index contributed by atoms with van der Waals surface area (Å²) in [7, 11) is 0. The van der Waals surface area contributed by atoms with Crippen molar-refractivity contribution in [1.82, 2.24) is 4.98 Å². The van der Waals surface area contributed by atoms with Crippen LogP contribution in [0.4, 0.5) is 0 Å². The Balaban J connectivity index is 2.16. The zero-order valence-electron chi connectivity index (χ0n) is 12.6. The van der Waals surface area contributed by atoms with Crippen LogP contribution in [0.2, 0.25) is 0 Å². The van der Waals surface area contributed by atoms with E-state index in [4.69, 9.17) is 0 Å². The van der Waals surface area contributed by atoms with Gasteiger partial charge in [0.15, 0.2) is 0 Å². The van der Waals surface area contributed by atoms with E-state index in [1.807, 2.05) is 12.3 Å². The normalized spacial score (nSPS) is 14.0. The highest BCUT2D eigenvalue weighted by Gasteiger charge is 2.13. The van der Waals surface area contributed by atoms with Gasteiger partial charge in [-0.2, -0.15) is 5.26 Å². The Morgan fingerprint density at radius 3 is 2.57 bits per heavy atom. The Kier molecular flexibility index (Phi) is 5.24. The van der Waals surface area contributed by atoms with Gasteiger partial charge in [-0.05, 0) is 25.8 Å². The lowest BCUT2D eigenvalue weighted by molar-refractivity contribution is 0.701. The zero-order valence-corrected chi connectivity index (χ0v) is 13.4. The molecule has 1 aromatic heterocycles. The van der Waals surface area contributed by atoms with Gasteiger partial charge in [-0.3, -0.25) is 4.99 Å². The minimum Gasteiger partial charge on any atom is -0.288 e. The van der Waals surface area contributed by atoms with E-state index in [0.717, 1.165) is 17.1 Å². The van der Waals surface area contributed by atoms with Crippen molar-refractivity contribution in [3.05, 3.63) is 51.5 Å². The van der Waals surface area contributed by atoms with Crippen molar-refractivity contribution < 1.29 is 0 Å². The van der Waals surface area contributed by atoms with Gasteiger partial charge in [-0.15, -0.1) is 11.3 Å². The minimum absolute atomic E-state index is 0.0995. The van der Waals surface area contributed by atoms with Crippen molar-refractivity contribution in [3.8, 4) is 6.07 Å². The van der Waals surface area contributed by atoms with Gasteiger partial charge in [0.2, 0.25) is 0 Å². The molecule has 4 heteroatoms. The molecule has 0 N–H and O–H groups in total. The summed E-state index contributed by atoms with van der Waals surface area (Å²) in [5, 5.41) is 12.1. The molecule has 0 aliphatic rings. The maximum absolute atomic E-state index is 9.31. The van der Waals surface area contributed by atoms with Crippen molar-refractivity contribution >= 4 is 17.6 Å². The van der Waals surface area contributed by atoms with E-state index in [1.54, 1.807) is 6.21 Å². The lowest BCUT2D eigenvalue weighted by Gasteiger charge is -2.11. The third-order valence-corrected chi connectivity index (χ3v) is 4.35. The molecule has 0 aliphatic heterocycles. The average Bonchev–Trinajstić information content (AvgIpc) is 2.91. The maximum atomic E-state index is 9.31. The van der Waals surface area contributed by atoms with E-state index in [9.17, 15) is 5.26 Å². The molecule has 1 aromatic carbocycles. The Morgan fingerprint density at radius 2 is 2.05 bits per heavy atom. The first-order chi connectivity index (χ1) is 10.1. The molecule has 0 aliphatic carbocycles. The smallest absolute Gasteiger partial charge is 0.133 e. The van der Waals surface area contributed by atoms with Crippen LogP contribution in [0.25, 0.3) is 0 Å². The molecule has 3 nitrogen and oxygen atoms in total. The van der Waals surface area contributed by atoms with Crippen LogP contribution in [0.15, 0.2) is 34.6 Å². The van der Waals surface area contributed by atoms with E-state index >= 15 is 0 Å². The van der Waals surface area contributed by atoms with Crippen LogP contribution in [0.3, 0.4) is 0 Å². The quantitative estimate of drug-likeness (QED) is 0.758. The van der Waals surface area contributed by atoms with Crippen LogP contribution in [0, 0.1) is 25.2 Å². The molecule has 0 saturated heterocycles. The van der Waals surface area contributed by atoms with Crippen LogP contribution in [-0.2, 0) is 0 Å². The van der Waals surface area contributed by atoms with E-state index < -0.39 is 0 Å². The van der Waals surface area contributed by atoms with Crippen molar-refractivity contribution in [2.45, 2.75) is 39.2 Å². The van der Waals surface area contributed by atoms with Gasteiger partial charge in [-0.1, -0.05) is 36.8 Å². The molecular formula is C17H19N3S. The predicted molar refractivity (Wildman–Crippen MR) is 87.9 cm³/mol. The molecule has 0 saturated carbocycles. The van der Waals surface area contributed by atoms with Crippen molar-refractivity contribution in [3.63, 3.8) is 0 Å². The van der Waals surface area contributed by atoms with E-state index in [-0.39, 0.29) is 12.0 Å². The first-order valence-electron chi connectivity index (χ1n) is 7.05. The fourth-order valence-corrected chi connectivity index (χ4v) is 2.87. The number of aliphatic imine (C=N–C) groups is 1. The standard InChI is InChI=1S/C17H19N3S/c1-4-16(14-7-5-12(2)6-8-14)19-10-15(9-18)17-20-13(3)11-21-17/h5-8,10-11,15-16H,4H2,1-3H3/t15?,16-/m0/s1. The number of rotatable bonds is 5. The van der Waals surface area contributed by atoms with Crippen LogP contribution < -0.4 is 0 Å². The molecule has 0 bridgehead atoms. The molecule has 0 fully saturated rings. The van der Waals surface area contributed by atoms with Gasteiger partial charge in [0.25, 0.3) is 0 Å². The largest absolute Gasteiger partial charge is 0.288 e. The van der Waals surface area contributed by atoms with Crippen molar-refractivity contribution in [2.24, 2.45) is 4.99 Å². The second-order valence-electron chi connectivity index (χ2n) is 5.07. The predicted octanol–water partition coefficient (Wildman–Crippen LogP) is 4.59. The topological polar surface area (TPSA) is 49.0 Å². The zero-order chi connectivity index (χ0) is 15.2. The minimum atomic E-state index is -0.358. The summed E-state index contributed by atoms with van der Waals surface area (Å²) in [6.45, 7) is 6.12. The molecule has 1 unspecified atom stereocenters. The Hall–Kier alpha value is -1.99. The van der Waals surface area contributed by atoms with E-state index in [2.05, 4.69) is 54.2 Å². The molecule has 0 radical (unpaired) electrons. The summed E-state index contributed by atoms with van der Waals surface area (Å²) in [6, 6.07) is 10.8. The SMILES string of the molecule is CC[C@H](N=CC(C#N)c1nc(C)cs1)c1ccc(C)cc1. The molecule has 2 aromatic rings. The third-order valence-electron chi connectivity index (χ3n) is 3.31. The number of hydrogen-bond acceptors (Lipinski definition) is 4. The lowest BCUT2D eigenvalue weighted by atomic mass is 10.0. The van der Waals surface area contributed by atoms with Crippen LogP contribution in [0.1, 0.15) is 47.1 Å². The summed E-state index contributed by atoms with van der Waals surface area (Å²) in [5.41, 5.74) is 3.38. The molecule has 0 amide bonds. The van der Waals surface area contributed by atoms with Gasteiger partial charge < -0.3 is 0 Å². The number of aryl methyl sites for hydroxylation is 2. The monoisotopic (exact) mass is 297 g/mol. The maximum Gasteiger partial charge on any atom is 0.133 e. The van der Waals surface area contributed by atoms with Gasteiger partial charge in [0.05, 0.1) is 12.1 Å². The fourth-order valence-electron chi connectivity index (χ4n) is 2.07. The summed E-state index contributed by atoms with van der Waals surface area (Å²) in [5.74, 6) is -0.358. The van der Waals surface area contributed by atoms with E-state index in [1.165, 1.54) is 22.5 Å². The van der Waals surface area contributed by atoms with Gasteiger partial charge in [0.1, 0.15) is 10.9 Å². The highest BCUT2D eigenvalue weighted by Crippen LogP contribution is 2.23. The van der Waals surface area contributed by atoms with Crippen LogP contribution in [-0.4, -0.2) is 11.2 Å². The number of nitrogens with zero attached hydrogens (tertiary/aromatic N) is 3. The third kappa shape index (κ3) is 3.99. The Labute approximate surface area is 130 Å². The number of hydrogen-bond donors (Lipinski definition) is 0. The molecule has 2 atom stereocenters. The second kappa shape index (κ2) is 7.14. The van der Waals surface area contributed by atoms with Crippen LogP contribution in [0.5, 0.6) is 0 Å². The summed E-state index contributed by atoms with van der Waals surface area (Å²) in [6.07, 6.45) is 2.65. The fraction of sp³-hybridized carbons (Fsp3) is 0.353. The summed E-state index contributed by atoms with van der Waals surface area (Å²) in [4.78, 5) is 8.99. The van der Waals surface area contributed by atoms with Crippen molar-refractivity contribution in [1.29, 1.82) is 5.26 Å². The first kappa shape index (κ1) is 15.4. The molecular weight excluding hydrogens is 278 g/mol. The summed E-state index contributed by atoms with van der Waals surface area (Å²) >= 11 is 1.51. The van der Waals surface area contributed by atoms with Gasteiger partial charge in [-0.25, -0.2) is 4.98 Å². The lowest BCUT2D eigenvalue weighted by Crippen LogP contribution is -2.00. The van der Waals surface area contributed by atoms with Crippen molar-refractivity contribution in [2.75, 3.05) is 0 Å². The number of aromatic nitrogens is 1. The number of nitriles is 1. The molecule has 0 spiro atoms. The van der Waals surface area contributed by atoms with Gasteiger partial charge >= 0.3 is 0 Å². The second-order valence-corrected chi connectivity index (χ2v) is 5.96. The molecule has 108 valence electrons. The first-order valence-corrected chi connectivity index (χ1v) is 7.93. The highest BCUT2D eigenvalue weighted by atomic mass is 32.1. The summed E-state index contributed by atoms with van der Waals surface area (Å²) < 4.78 is 0. The van der Waals surface area contributed by atoms with Gasteiger partial charge in [0, 0.05) is 17.3 Å². The molecule has 1 heterocycles. The Bertz CT molecular complexity index is 649.